The van der Waals surface area contributed by atoms with Gasteiger partial charge in [0.25, 0.3) is 0 Å². The van der Waals surface area contributed by atoms with Crippen LogP contribution in [0.25, 0.3) is 0 Å². The molecule has 3 heterocycles. The van der Waals surface area contributed by atoms with Crippen LogP contribution in [0.4, 0.5) is 4.39 Å². The molecule has 4 aliphatic rings. The van der Waals surface area contributed by atoms with E-state index in [1.165, 1.54) is 0 Å². The Hall–Kier alpha value is -0.770. The lowest BCUT2D eigenvalue weighted by Gasteiger charge is -2.35. The van der Waals surface area contributed by atoms with Gasteiger partial charge in [0.2, 0.25) is 15.9 Å². The number of halogens is 1. The zero-order valence-corrected chi connectivity index (χ0v) is 20.1. The van der Waals surface area contributed by atoms with Gasteiger partial charge < -0.3 is 16.0 Å². The van der Waals surface area contributed by atoms with E-state index in [-0.39, 0.29) is 17.2 Å². The molecule has 3 atom stereocenters. The van der Waals surface area contributed by atoms with Gasteiger partial charge in [-0.1, -0.05) is 12.8 Å². The monoisotopic (exact) mass is 472 g/mol. The highest BCUT2D eigenvalue weighted by Gasteiger charge is 2.38. The van der Waals surface area contributed by atoms with Gasteiger partial charge in [-0.2, -0.15) is 0 Å². The number of hydrogen-bond donors (Lipinski definition) is 3. The van der Waals surface area contributed by atoms with E-state index in [0.29, 0.717) is 56.7 Å². The van der Waals surface area contributed by atoms with Crippen molar-refractivity contribution in [3.05, 3.63) is 0 Å². The molecule has 9 heteroatoms. The molecule has 1 amide bonds. The van der Waals surface area contributed by atoms with Crippen molar-refractivity contribution in [1.82, 2.24) is 20.3 Å². The topological polar surface area (TPSA) is 90.5 Å². The predicted molar refractivity (Wildman–Crippen MR) is 124 cm³/mol. The van der Waals surface area contributed by atoms with Gasteiger partial charge in [-0.05, 0) is 82.7 Å². The summed E-state index contributed by atoms with van der Waals surface area (Å²) in [6.07, 6.45) is 7.84. The zero-order valence-electron chi connectivity index (χ0n) is 19.2. The maximum absolute atomic E-state index is 13.4. The van der Waals surface area contributed by atoms with Gasteiger partial charge in [0, 0.05) is 25.7 Å². The molecule has 3 unspecified atom stereocenters. The van der Waals surface area contributed by atoms with Crippen LogP contribution in [0.2, 0.25) is 0 Å². The molecule has 0 aromatic carbocycles. The van der Waals surface area contributed by atoms with Crippen LogP contribution in [0.1, 0.15) is 70.6 Å². The van der Waals surface area contributed by atoms with Gasteiger partial charge in [0.1, 0.15) is 6.17 Å². The molecule has 1 aliphatic carbocycles. The number of nitrogens with one attached hydrogen (secondary N) is 3. The average Bonchev–Trinajstić information content (AvgIpc) is 3.24. The van der Waals surface area contributed by atoms with Crippen molar-refractivity contribution < 1.29 is 17.6 Å². The van der Waals surface area contributed by atoms with E-state index in [1.54, 1.807) is 4.31 Å². The van der Waals surface area contributed by atoms with E-state index < -0.39 is 16.2 Å². The Morgan fingerprint density at radius 2 is 1.78 bits per heavy atom. The minimum Gasteiger partial charge on any atom is -0.355 e. The van der Waals surface area contributed by atoms with Crippen LogP contribution in [0.15, 0.2) is 0 Å². The number of hydrogen-bond acceptors (Lipinski definition) is 5. The summed E-state index contributed by atoms with van der Waals surface area (Å²) < 4.78 is 40.7. The fraction of sp³-hybridized carbons (Fsp3) is 0.957. The molecule has 1 saturated carbocycles. The van der Waals surface area contributed by atoms with Crippen LogP contribution in [0.3, 0.4) is 0 Å². The molecular weight excluding hydrogens is 431 g/mol. The highest BCUT2D eigenvalue weighted by atomic mass is 32.2. The third kappa shape index (κ3) is 6.02. The molecular formula is C23H41FN4O3S. The van der Waals surface area contributed by atoms with Crippen LogP contribution in [0.5, 0.6) is 0 Å². The number of carbonyl (C=O) groups excluding carboxylic acids is 1. The number of rotatable bonds is 8. The summed E-state index contributed by atoms with van der Waals surface area (Å²) in [7, 11) is -3.28. The molecule has 3 saturated heterocycles. The fourth-order valence-corrected chi connectivity index (χ4v) is 8.09. The SMILES string of the molecule is O=C(NCCCCC1CCN(S(=O)(=O)C2CCC(F)CC2)CC1)C1CC2CNCCC2N1. The van der Waals surface area contributed by atoms with Gasteiger partial charge in [-0.25, -0.2) is 17.1 Å². The molecule has 4 fully saturated rings. The lowest BCUT2D eigenvalue weighted by molar-refractivity contribution is -0.122. The number of piperidine rings is 2. The molecule has 32 heavy (non-hydrogen) atoms. The summed E-state index contributed by atoms with van der Waals surface area (Å²) in [5.41, 5.74) is 0. The number of unbranched alkanes of at least 4 members (excludes halogenated alkanes) is 1. The number of sulfonamides is 1. The van der Waals surface area contributed by atoms with Crippen LogP contribution < -0.4 is 16.0 Å². The van der Waals surface area contributed by atoms with Crippen LogP contribution >= 0.6 is 0 Å². The molecule has 0 aromatic heterocycles. The summed E-state index contributed by atoms with van der Waals surface area (Å²) in [4.78, 5) is 12.5. The zero-order chi connectivity index (χ0) is 22.6. The summed E-state index contributed by atoms with van der Waals surface area (Å²) in [5, 5.41) is 9.63. The molecule has 0 bridgehead atoms. The second-order valence-electron chi connectivity index (χ2n) is 10.4. The number of alkyl halides is 1. The first-order valence-electron chi connectivity index (χ1n) is 12.8. The molecule has 3 aliphatic heterocycles. The van der Waals surface area contributed by atoms with E-state index in [4.69, 9.17) is 0 Å². The normalized spacial score (nSPS) is 34.8. The van der Waals surface area contributed by atoms with Gasteiger partial charge in [0.15, 0.2) is 0 Å². The Balaban J connectivity index is 1.08. The van der Waals surface area contributed by atoms with Crippen LogP contribution in [-0.4, -0.2) is 74.9 Å². The van der Waals surface area contributed by atoms with Gasteiger partial charge in [-0.3, -0.25) is 4.79 Å². The standard InChI is InChI=1S/C23H41FN4O3S/c24-19-4-6-20(7-5-19)32(30,31)28-13-9-17(10-14-28)3-1-2-11-26-23(29)22-15-18-16-25-12-8-21(18)27-22/h17-22,25,27H,1-16H2,(H,26,29). The maximum atomic E-state index is 13.4. The Bertz CT molecular complexity index is 707. The number of carbonyl (C=O) groups is 1. The molecule has 0 radical (unpaired) electrons. The van der Waals surface area contributed by atoms with E-state index in [0.717, 1.165) is 64.6 Å². The minimum absolute atomic E-state index is 0.0452. The third-order valence-corrected chi connectivity index (χ3v) is 10.6. The first-order valence-corrected chi connectivity index (χ1v) is 14.3. The number of nitrogens with zero attached hydrogens (tertiary/aromatic N) is 1. The minimum atomic E-state index is -3.28. The lowest BCUT2D eigenvalue weighted by atomic mass is 9.92. The van der Waals surface area contributed by atoms with Crippen molar-refractivity contribution in [3.63, 3.8) is 0 Å². The largest absolute Gasteiger partial charge is 0.355 e. The molecule has 3 N–H and O–H groups in total. The molecule has 0 spiro atoms. The van der Waals surface area contributed by atoms with Crippen molar-refractivity contribution in [2.24, 2.45) is 11.8 Å². The van der Waals surface area contributed by atoms with Crippen molar-refractivity contribution >= 4 is 15.9 Å². The first kappa shape index (κ1) is 24.4. The second-order valence-corrected chi connectivity index (χ2v) is 12.6. The highest BCUT2D eigenvalue weighted by molar-refractivity contribution is 7.89. The number of fused-ring (bicyclic) bond motifs is 1. The van der Waals surface area contributed by atoms with Crippen molar-refractivity contribution in [3.8, 4) is 0 Å². The van der Waals surface area contributed by atoms with Gasteiger partial charge in [-0.15, -0.1) is 0 Å². The Morgan fingerprint density at radius 1 is 1.03 bits per heavy atom. The summed E-state index contributed by atoms with van der Waals surface area (Å²) in [6, 6.07) is 0.441. The average molecular weight is 473 g/mol. The smallest absolute Gasteiger partial charge is 0.237 e. The van der Waals surface area contributed by atoms with Crippen molar-refractivity contribution in [1.29, 1.82) is 0 Å². The summed E-state index contributed by atoms with van der Waals surface area (Å²) >= 11 is 0. The first-order chi connectivity index (χ1) is 15.4. The fourth-order valence-electron chi connectivity index (χ4n) is 6.08. The molecule has 0 aromatic rings. The Kier molecular flexibility index (Phi) is 8.45. The van der Waals surface area contributed by atoms with E-state index in [2.05, 4.69) is 16.0 Å². The van der Waals surface area contributed by atoms with E-state index in [9.17, 15) is 17.6 Å². The molecule has 184 valence electrons. The third-order valence-electron chi connectivity index (χ3n) is 8.17. The van der Waals surface area contributed by atoms with Gasteiger partial charge >= 0.3 is 0 Å². The molecule has 4 rings (SSSR count). The maximum Gasteiger partial charge on any atom is 0.237 e. The quantitative estimate of drug-likeness (QED) is 0.470. The van der Waals surface area contributed by atoms with Crippen molar-refractivity contribution in [2.75, 3.05) is 32.7 Å². The van der Waals surface area contributed by atoms with E-state index >= 15 is 0 Å². The van der Waals surface area contributed by atoms with Gasteiger partial charge in [0.05, 0.1) is 11.3 Å². The highest BCUT2D eigenvalue weighted by Crippen LogP contribution is 2.31. The Labute approximate surface area is 192 Å². The number of amides is 1. The lowest BCUT2D eigenvalue weighted by Crippen LogP contribution is -2.45. The van der Waals surface area contributed by atoms with Crippen molar-refractivity contribution in [2.45, 2.75) is 94.1 Å². The van der Waals surface area contributed by atoms with E-state index in [1.807, 2.05) is 0 Å². The second kappa shape index (κ2) is 11.1. The summed E-state index contributed by atoms with van der Waals surface area (Å²) in [5.74, 6) is 1.28. The summed E-state index contributed by atoms with van der Waals surface area (Å²) in [6.45, 7) is 3.97. The van der Waals surface area contributed by atoms with Crippen LogP contribution in [0, 0.1) is 11.8 Å². The Morgan fingerprint density at radius 3 is 2.50 bits per heavy atom. The molecule has 7 nitrogen and oxygen atoms in total. The van der Waals surface area contributed by atoms with Crippen LogP contribution in [-0.2, 0) is 14.8 Å². The predicted octanol–water partition coefficient (Wildman–Crippen LogP) is 1.94.